The predicted octanol–water partition coefficient (Wildman–Crippen LogP) is 0.101. The molecule has 0 saturated carbocycles. The van der Waals surface area contributed by atoms with Crippen LogP contribution >= 0.6 is 11.3 Å². The Balaban J connectivity index is 2.82. The monoisotopic (exact) mass is 227 g/mol. The van der Waals surface area contributed by atoms with Crippen LogP contribution in [-0.2, 0) is 11.3 Å². The fourth-order valence-electron chi connectivity index (χ4n) is 1.23. The molecule has 0 fully saturated rings. The maximum absolute atomic E-state index is 11.2. The van der Waals surface area contributed by atoms with Gasteiger partial charge < -0.3 is 9.52 Å². The Kier molecular flexibility index (Phi) is 2.16. The molecule has 1 N–H and O–H groups in total. The largest absolute Gasteiger partial charge is 0.480 e. The lowest BCUT2D eigenvalue weighted by atomic mass is 10.4. The highest BCUT2D eigenvalue weighted by Crippen LogP contribution is 2.14. The summed E-state index contributed by atoms with van der Waals surface area (Å²) in [7, 11) is 0. The number of fused-ring (bicyclic) bond motifs is 1. The Bertz CT molecular complexity index is 634. The van der Waals surface area contributed by atoms with E-state index in [9.17, 15) is 14.4 Å². The zero-order valence-corrected chi connectivity index (χ0v) is 8.11. The molecule has 0 amide bonds. The quantitative estimate of drug-likeness (QED) is 0.785. The van der Waals surface area contributed by atoms with E-state index >= 15 is 0 Å². The topological polar surface area (TPSA) is 89.5 Å². The predicted molar refractivity (Wildman–Crippen MR) is 52.3 cm³/mol. The highest BCUT2D eigenvalue weighted by Gasteiger charge is 2.12. The fraction of sp³-hybridized carbons (Fsp3) is 0.125. The average molecular weight is 227 g/mol. The second-order valence-corrected chi connectivity index (χ2v) is 3.69. The molecule has 0 unspecified atom stereocenters. The molecule has 78 valence electrons. The Morgan fingerprint density at radius 2 is 2.27 bits per heavy atom. The zero-order chi connectivity index (χ0) is 11.0. The first-order chi connectivity index (χ1) is 7.09. The van der Waals surface area contributed by atoms with Gasteiger partial charge in [-0.3, -0.25) is 9.36 Å². The summed E-state index contributed by atoms with van der Waals surface area (Å²) in [5.74, 6) is -2.12. The molecule has 0 spiro atoms. The first kappa shape index (κ1) is 9.66. The van der Waals surface area contributed by atoms with Crippen molar-refractivity contribution >= 4 is 27.5 Å². The maximum Gasteiger partial charge on any atom is 0.422 e. The van der Waals surface area contributed by atoms with Gasteiger partial charge in [-0.15, -0.1) is 11.3 Å². The smallest absolute Gasteiger partial charge is 0.422 e. The molecule has 0 bridgehead atoms. The molecule has 0 aromatic carbocycles. The number of aromatic nitrogens is 1. The third-order valence-corrected chi connectivity index (χ3v) is 2.70. The van der Waals surface area contributed by atoms with Crippen LogP contribution in [0.5, 0.6) is 0 Å². The van der Waals surface area contributed by atoms with E-state index in [1.807, 2.05) is 0 Å². The lowest BCUT2D eigenvalue weighted by Crippen LogP contribution is -2.27. The van der Waals surface area contributed by atoms with E-state index < -0.39 is 23.9 Å². The molecular formula is C8H5NO5S. The first-order valence-corrected chi connectivity index (χ1v) is 4.80. The number of aliphatic carboxylic acids is 1. The maximum atomic E-state index is 11.2. The molecule has 2 heterocycles. The number of thiophene rings is 1. The van der Waals surface area contributed by atoms with Gasteiger partial charge >= 0.3 is 17.4 Å². The van der Waals surface area contributed by atoms with Crippen molar-refractivity contribution in [1.29, 1.82) is 0 Å². The molecule has 15 heavy (non-hydrogen) atoms. The van der Waals surface area contributed by atoms with E-state index in [0.717, 1.165) is 15.9 Å². The second-order valence-electron chi connectivity index (χ2n) is 2.77. The van der Waals surface area contributed by atoms with Crippen LogP contribution < -0.4 is 11.4 Å². The van der Waals surface area contributed by atoms with Crippen LogP contribution in [0.2, 0.25) is 0 Å². The summed E-state index contributed by atoms with van der Waals surface area (Å²) in [6.07, 6.45) is 0. The van der Waals surface area contributed by atoms with Crippen molar-refractivity contribution in [3.63, 3.8) is 0 Å². The summed E-state index contributed by atoms with van der Waals surface area (Å²) < 4.78 is 5.54. The molecule has 2 rings (SSSR count). The van der Waals surface area contributed by atoms with Gasteiger partial charge in [-0.1, -0.05) is 0 Å². The lowest BCUT2D eigenvalue weighted by Gasteiger charge is -2.00. The van der Waals surface area contributed by atoms with Crippen LogP contribution in [0, 0.1) is 0 Å². The van der Waals surface area contributed by atoms with E-state index in [2.05, 4.69) is 4.42 Å². The number of carbonyl (C=O) groups is 1. The van der Waals surface area contributed by atoms with Crippen molar-refractivity contribution in [3.8, 4) is 0 Å². The van der Waals surface area contributed by atoms with Crippen LogP contribution in [0.15, 0.2) is 25.5 Å². The molecule has 6 nitrogen and oxygen atoms in total. The zero-order valence-electron chi connectivity index (χ0n) is 7.30. The Labute approximate surface area is 86.0 Å². The van der Waals surface area contributed by atoms with Gasteiger partial charge in [0.05, 0.1) is 5.52 Å². The lowest BCUT2D eigenvalue weighted by molar-refractivity contribution is -0.137. The summed E-state index contributed by atoms with van der Waals surface area (Å²) in [4.78, 5) is 32.9. The summed E-state index contributed by atoms with van der Waals surface area (Å²) >= 11 is 1.10. The van der Waals surface area contributed by atoms with E-state index in [1.54, 1.807) is 5.38 Å². The van der Waals surface area contributed by atoms with Crippen LogP contribution in [0.25, 0.3) is 10.2 Å². The molecule has 7 heteroatoms. The second kappa shape index (κ2) is 3.35. The van der Waals surface area contributed by atoms with Gasteiger partial charge in [0.15, 0.2) is 0 Å². The minimum absolute atomic E-state index is 0.246. The molecule has 0 saturated heterocycles. The van der Waals surface area contributed by atoms with Gasteiger partial charge in [-0.2, -0.15) is 0 Å². The molecule has 0 radical (unpaired) electrons. The van der Waals surface area contributed by atoms with Gasteiger partial charge in [-0.05, 0) is 11.4 Å². The van der Waals surface area contributed by atoms with E-state index in [4.69, 9.17) is 5.11 Å². The van der Waals surface area contributed by atoms with Gasteiger partial charge in [0.25, 0.3) is 0 Å². The summed E-state index contributed by atoms with van der Waals surface area (Å²) in [5, 5.41) is 10.2. The van der Waals surface area contributed by atoms with Crippen molar-refractivity contribution in [1.82, 2.24) is 4.57 Å². The highest BCUT2D eigenvalue weighted by atomic mass is 32.1. The average Bonchev–Trinajstić information content (AvgIpc) is 2.60. The van der Waals surface area contributed by atoms with Crippen molar-refractivity contribution in [2.75, 3.05) is 0 Å². The number of carboxylic acids is 1. The van der Waals surface area contributed by atoms with Crippen molar-refractivity contribution in [2.24, 2.45) is 0 Å². The summed E-state index contributed by atoms with van der Waals surface area (Å²) in [5.41, 5.74) is -0.435. The molecule has 0 aliphatic heterocycles. The molecule has 2 aromatic rings. The number of nitrogens with zero attached hydrogens (tertiary/aromatic N) is 1. The number of hydrogen-bond acceptors (Lipinski definition) is 5. The molecule has 2 aromatic heterocycles. The summed E-state index contributed by atoms with van der Waals surface area (Å²) in [6.45, 7) is -0.518. The van der Waals surface area contributed by atoms with Crippen LogP contribution in [-0.4, -0.2) is 15.6 Å². The Morgan fingerprint density at radius 1 is 1.53 bits per heavy atom. The van der Waals surface area contributed by atoms with Crippen LogP contribution in [0.4, 0.5) is 0 Å². The fourth-order valence-corrected chi connectivity index (χ4v) is 2.00. The highest BCUT2D eigenvalue weighted by molar-refractivity contribution is 7.17. The van der Waals surface area contributed by atoms with Crippen LogP contribution in [0.3, 0.4) is 0 Å². The number of carboxylic acid groups (broad SMARTS) is 1. The Hall–Kier alpha value is -1.89. The van der Waals surface area contributed by atoms with E-state index in [-0.39, 0.29) is 4.70 Å². The van der Waals surface area contributed by atoms with E-state index in [0.29, 0.717) is 5.52 Å². The van der Waals surface area contributed by atoms with Crippen molar-refractivity contribution in [3.05, 3.63) is 32.4 Å². The van der Waals surface area contributed by atoms with E-state index in [1.165, 1.54) is 6.07 Å². The SMILES string of the molecule is O=C(O)Cn1c(=O)oc(=O)c2sccc21. The Morgan fingerprint density at radius 3 is 2.93 bits per heavy atom. The summed E-state index contributed by atoms with van der Waals surface area (Å²) in [6, 6.07) is 1.52. The molecule has 0 aliphatic carbocycles. The van der Waals surface area contributed by atoms with Crippen molar-refractivity contribution in [2.45, 2.75) is 6.54 Å². The van der Waals surface area contributed by atoms with Gasteiger partial charge in [-0.25, -0.2) is 9.59 Å². The third-order valence-electron chi connectivity index (χ3n) is 1.81. The normalized spacial score (nSPS) is 10.7. The van der Waals surface area contributed by atoms with Crippen LogP contribution in [0.1, 0.15) is 0 Å². The van der Waals surface area contributed by atoms with Crippen molar-refractivity contribution < 1.29 is 14.3 Å². The van der Waals surface area contributed by atoms with Gasteiger partial charge in [0.1, 0.15) is 11.2 Å². The first-order valence-electron chi connectivity index (χ1n) is 3.92. The van der Waals surface area contributed by atoms with Gasteiger partial charge in [0, 0.05) is 0 Å². The van der Waals surface area contributed by atoms with Gasteiger partial charge in [0.2, 0.25) is 0 Å². The number of hydrogen-bond donors (Lipinski definition) is 1. The molecule has 0 atom stereocenters. The molecular weight excluding hydrogens is 222 g/mol. The standard InChI is InChI=1S/C8H5NO5S/c10-5(11)3-9-4-1-2-15-6(4)7(12)14-8(9)13/h1-2H,3H2,(H,10,11). The minimum Gasteiger partial charge on any atom is -0.480 e. The number of rotatable bonds is 2. The minimum atomic E-state index is -1.17. The molecule has 0 aliphatic rings. The third kappa shape index (κ3) is 1.57.